The van der Waals surface area contributed by atoms with Gasteiger partial charge in [-0.2, -0.15) is 0 Å². The van der Waals surface area contributed by atoms with Crippen molar-refractivity contribution in [3.05, 3.63) is 221 Å². The molecule has 64 heavy (non-hydrogen) atoms. The van der Waals surface area contributed by atoms with Gasteiger partial charge in [0.1, 0.15) is 23.2 Å². The molecule has 4 nitrogen and oxygen atoms in total. The number of benzene rings is 7. The Morgan fingerprint density at radius 1 is 0.719 bits per heavy atom. The molecule has 0 radical (unpaired) electrons. The van der Waals surface area contributed by atoms with E-state index < -0.39 is 0 Å². The Labute approximate surface area is 377 Å². The maximum Gasteiger partial charge on any atom is 0.147 e. The number of aryl methyl sites for hydroxylation is 2. The summed E-state index contributed by atoms with van der Waals surface area (Å²) < 4.78 is 12.9. The van der Waals surface area contributed by atoms with Crippen molar-refractivity contribution in [1.29, 1.82) is 0 Å². The quantitative estimate of drug-likeness (QED) is 0.118. The van der Waals surface area contributed by atoms with Crippen LogP contribution in [-0.4, -0.2) is 18.1 Å². The van der Waals surface area contributed by atoms with Crippen LogP contribution >= 0.6 is 0 Å². The monoisotopic (exact) mass is 834 g/mol. The summed E-state index contributed by atoms with van der Waals surface area (Å²) in [6.07, 6.45) is 25.7. The van der Waals surface area contributed by atoms with Gasteiger partial charge in [-0.15, -0.1) is 0 Å². The molecule has 2 unspecified atom stereocenters. The molecule has 0 bridgehead atoms. The van der Waals surface area contributed by atoms with Gasteiger partial charge >= 0.3 is 0 Å². The molecule has 1 aliphatic heterocycles. The van der Waals surface area contributed by atoms with Gasteiger partial charge in [0.25, 0.3) is 0 Å². The average molecular weight is 835 g/mol. The van der Waals surface area contributed by atoms with Gasteiger partial charge in [-0.25, -0.2) is 0 Å². The van der Waals surface area contributed by atoms with E-state index in [-0.39, 0.29) is 12.0 Å². The minimum absolute atomic E-state index is 0.0587. The van der Waals surface area contributed by atoms with Crippen molar-refractivity contribution in [3.8, 4) is 5.75 Å². The summed E-state index contributed by atoms with van der Waals surface area (Å²) in [6, 6.07) is 41.8. The van der Waals surface area contributed by atoms with Crippen molar-refractivity contribution < 1.29 is 9.15 Å². The van der Waals surface area contributed by atoms with Crippen LogP contribution in [-0.2, 0) is 6.42 Å². The third-order valence-corrected chi connectivity index (χ3v) is 13.0. The van der Waals surface area contributed by atoms with E-state index in [2.05, 4.69) is 227 Å². The Morgan fingerprint density at radius 3 is 2.31 bits per heavy atom. The maximum atomic E-state index is 6.64. The van der Waals surface area contributed by atoms with Gasteiger partial charge in [0.15, 0.2) is 0 Å². The molecule has 0 fully saturated rings. The maximum absolute atomic E-state index is 6.64. The van der Waals surface area contributed by atoms with E-state index in [0.29, 0.717) is 0 Å². The molecule has 11 rings (SSSR count). The molecule has 8 aromatic rings. The number of nitrogens with zero attached hydrogens (tertiary/aromatic N) is 2. The molecule has 7 aromatic carbocycles. The molecule has 0 saturated heterocycles. The smallest absolute Gasteiger partial charge is 0.147 e. The van der Waals surface area contributed by atoms with Crippen LogP contribution in [0.2, 0.25) is 0 Å². The van der Waals surface area contributed by atoms with Gasteiger partial charge in [0, 0.05) is 58.4 Å². The Balaban J connectivity index is 0.000000167. The zero-order chi connectivity index (χ0) is 43.9. The van der Waals surface area contributed by atoms with E-state index in [9.17, 15) is 0 Å². The number of ether oxygens (including phenoxy) is 1. The number of rotatable bonds is 7. The molecule has 316 valence electrons. The molecular formula is C60H54N2O2. The van der Waals surface area contributed by atoms with Gasteiger partial charge in [-0.1, -0.05) is 145 Å². The van der Waals surface area contributed by atoms with Gasteiger partial charge in [0.2, 0.25) is 0 Å². The van der Waals surface area contributed by atoms with Crippen molar-refractivity contribution >= 4 is 66.4 Å². The lowest BCUT2D eigenvalue weighted by Crippen LogP contribution is -2.17. The lowest BCUT2D eigenvalue weighted by Gasteiger charge is -2.29. The third-order valence-electron chi connectivity index (χ3n) is 13.0. The Kier molecular flexibility index (Phi) is 10.9. The predicted molar refractivity (Wildman–Crippen MR) is 271 cm³/mol. The van der Waals surface area contributed by atoms with Crippen molar-refractivity contribution in [2.24, 2.45) is 0 Å². The normalized spacial score (nSPS) is 16.9. The fourth-order valence-corrected chi connectivity index (χ4v) is 9.77. The van der Waals surface area contributed by atoms with Gasteiger partial charge in [-0.3, -0.25) is 0 Å². The van der Waals surface area contributed by atoms with Crippen LogP contribution in [0, 0.1) is 13.8 Å². The molecular weight excluding hydrogens is 781 g/mol. The number of allylic oxidation sites excluding steroid dienone is 11. The van der Waals surface area contributed by atoms with E-state index in [1.807, 2.05) is 6.92 Å². The second-order valence-corrected chi connectivity index (χ2v) is 17.4. The zero-order valence-corrected chi connectivity index (χ0v) is 37.6. The highest BCUT2D eigenvalue weighted by Crippen LogP contribution is 2.51. The summed E-state index contributed by atoms with van der Waals surface area (Å²) in [4.78, 5) is 4.65. The minimum Gasteiger partial charge on any atom is -0.487 e. The van der Waals surface area contributed by atoms with Gasteiger partial charge in [0.05, 0.1) is 11.4 Å². The summed E-state index contributed by atoms with van der Waals surface area (Å²) in [5.74, 6) is 2.21. The molecule has 0 N–H and O–H groups in total. The lowest BCUT2D eigenvalue weighted by molar-refractivity contribution is 0.242. The first-order chi connectivity index (χ1) is 31.3. The molecule has 2 atom stereocenters. The highest BCUT2D eigenvalue weighted by Gasteiger charge is 2.33. The first-order valence-corrected chi connectivity index (χ1v) is 22.6. The topological polar surface area (TPSA) is 28.9 Å². The van der Waals surface area contributed by atoms with Crippen LogP contribution < -0.4 is 9.64 Å². The second kappa shape index (κ2) is 17.1. The van der Waals surface area contributed by atoms with E-state index in [4.69, 9.17) is 9.15 Å². The van der Waals surface area contributed by atoms with Crippen LogP contribution in [0.3, 0.4) is 0 Å². The summed E-state index contributed by atoms with van der Waals surface area (Å²) in [5, 5.41) is 8.91. The first kappa shape index (κ1) is 40.8. The lowest BCUT2D eigenvalue weighted by atomic mass is 9.92. The number of hydrogen-bond acceptors (Lipinski definition) is 4. The van der Waals surface area contributed by atoms with Crippen molar-refractivity contribution in [2.75, 3.05) is 11.9 Å². The third kappa shape index (κ3) is 7.43. The van der Waals surface area contributed by atoms with Crippen LogP contribution in [0.1, 0.15) is 61.1 Å². The number of fused-ring (bicyclic) bond motifs is 4. The van der Waals surface area contributed by atoms with E-state index in [0.717, 1.165) is 47.0 Å². The molecule has 0 saturated carbocycles. The van der Waals surface area contributed by atoms with Crippen molar-refractivity contribution in [1.82, 2.24) is 4.90 Å². The highest BCUT2D eigenvalue weighted by atomic mass is 16.5. The number of para-hydroxylation sites is 2. The summed E-state index contributed by atoms with van der Waals surface area (Å²) in [5.41, 5.74) is 13.0. The number of likely N-dealkylation sites (N-methyl/N-ethyl adjacent to an activating group) is 1. The Hall–Kier alpha value is -7.30. The summed E-state index contributed by atoms with van der Waals surface area (Å²) >= 11 is 0. The van der Waals surface area contributed by atoms with E-state index >= 15 is 0 Å². The standard InChI is InChI=1S/C37H31NO.C23H23NO/c1-4-5-6-14-30-25(3)39-37-31(30)15-9-16-34(37)38(29-13-7-10-24(2)23-29)33-22-20-28-18-17-26-11-8-12-27-19-21-32(33)36(28)35(26)27;1-16-8-4-5-10-18(14-16)24(3)19-11-7-12-20-21-13-6-9-17(2)23(21)25-22(20)15-19/h4-23,25,30H,1-3H3;4-7,9-14H,8,15H2,1-3H3/b5-4+,14-6-;. The van der Waals surface area contributed by atoms with Crippen molar-refractivity contribution in [2.45, 2.75) is 59.5 Å². The highest BCUT2D eigenvalue weighted by molar-refractivity contribution is 6.25. The molecule has 0 spiro atoms. The van der Waals surface area contributed by atoms with E-state index in [1.54, 1.807) is 0 Å². The van der Waals surface area contributed by atoms with Crippen molar-refractivity contribution in [3.63, 3.8) is 0 Å². The fourth-order valence-electron chi connectivity index (χ4n) is 9.77. The van der Waals surface area contributed by atoms with Crippen LogP contribution in [0.15, 0.2) is 197 Å². The van der Waals surface area contributed by atoms with E-state index in [1.165, 1.54) is 76.9 Å². The second-order valence-electron chi connectivity index (χ2n) is 17.4. The Morgan fingerprint density at radius 2 is 1.48 bits per heavy atom. The SMILES string of the molecule is C/C=C/C=C\C1c2cccc(N(c3cccc(C)c3)c3ccc4ccc5cccc6ccc3c4c56)c2OC1C.CC1=CC(N(C)C2=CC=Cc3c(oc4c(C)cccc34)C2)=CC=CC1. The molecule has 2 aliphatic carbocycles. The number of hydrogen-bond donors (Lipinski definition) is 0. The summed E-state index contributed by atoms with van der Waals surface area (Å²) in [7, 11) is 2.13. The van der Waals surface area contributed by atoms with Gasteiger partial charge in [-0.05, 0) is 122 Å². The molecule has 1 aromatic heterocycles. The molecule has 3 aliphatic rings. The fraction of sp³-hybridized carbons (Fsp3) is 0.167. The minimum atomic E-state index is 0.0587. The van der Waals surface area contributed by atoms with Crippen LogP contribution in [0.25, 0.3) is 49.4 Å². The predicted octanol–water partition coefficient (Wildman–Crippen LogP) is 16.3. The van der Waals surface area contributed by atoms with Gasteiger partial charge < -0.3 is 19.0 Å². The number of furan rings is 1. The largest absolute Gasteiger partial charge is 0.487 e. The molecule has 0 amide bonds. The summed E-state index contributed by atoms with van der Waals surface area (Å²) in [6.45, 7) is 10.7. The molecule has 4 heteroatoms. The number of anilines is 3. The average Bonchev–Trinajstić information content (AvgIpc) is 3.61. The molecule has 2 heterocycles. The first-order valence-electron chi connectivity index (χ1n) is 22.6. The van der Waals surface area contributed by atoms with Crippen LogP contribution in [0.5, 0.6) is 5.75 Å². The Bertz CT molecular complexity index is 3280. The van der Waals surface area contributed by atoms with Crippen LogP contribution in [0.4, 0.5) is 17.1 Å². The zero-order valence-electron chi connectivity index (χ0n) is 37.6.